The zero-order valence-corrected chi connectivity index (χ0v) is 10.7. The standard InChI is InChI=1S/C13H22N2O2/c1-3-4-9(2)15-8-7-11(16)14-12(13(15)17)10-5-6-10/h9-10,12H,3-8H2,1-2H3,(H,14,16). The Bertz CT molecular complexity index is 313. The third-order valence-electron chi connectivity index (χ3n) is 3.78. The van der Waals surface area contributed by atoms with Crippen molar-refractivity contribution in [3.8, 4) is 0 Å². The van der Waals surface area contributed by atoms with Crippen molar-refractivity contribution in [1.29, 1.82) is 0 Å². The summed E-state index contributed by atoms with van der Waals surface area (Å²) in [6, 6.07) is 0.00533. The molecule has 1 aliphatic carbocycles. The SMILES string of the molecule is CCCC(C)N1CCC(=O)NC(C2CC2)C1=O. The summed E-state index contributed by atoms with van der Waals surface area (Å²) in [5.74, 6) is 0.557. The molecule has 4 nitrogen and oxygen atoms in total. The molecule has 1 aliphatic heterocycles. The Kier molecular flexibility index (Phi) is 3.69. The van der Waals surface area contributed by atoms with Gasteiger partial charge >= 0.3 is 0 Å². The summed E-state index contributed by atoms with van der Waals surface area (Å²) >= 11 is 0. The van der Waals surface area contributed by atoms with Crippen LogP contribution < -0.4 is 5.32 Å². The minimum atomic E-state index is -0.246. The van der Waals surface area contributed by atoms with Crippen LogP contribution in [0.1, 0.15) is 46.0 Å². The van der Waals surface area contributed by atoms with Crippen molar-refractivity contribution in [2.24, 2.45) is 5.92 Å². The first-order valence-corrected chi connectivity index (χ1v) is 6.73. The number of hydrogen-bond acceptors (Lipinski definition) is 2. The lowest BCUT2D eigenvalue weighted by molar-refractivity contribution is -0.136. The Balaban J connectivity index is 2.09. The van der Waals surface area contributed by atoms with Gasteiger partial charge in [-0.15, -0.1) is 0 Å². The first kappa shape index (κ1) is 12.4. The normalized spacial score (nSPS) is 27.6. The molecule has 2 unspecified atom stereocenters. The van der Waals surface area contributed by atoms with Crippen molar-refractivity contribution in [2.75, 3.05) is 6.54 Å². The van der Waals surface area contributed by atoms with E-state index in [1.165, 1.54) is 0 Å². The highest BCUT2D eigenvalue weighted by molar-refractivity contribution is 5.90. The maximum atomic E-state index is 12.4. The van der Waals surface area contributed by atoms with Gasteiger partial charge in [-0.1, -0.05) is 13.3 Å². The molecule has 0 aromatic rings. The van der Waals surface area contributed by atoms with Crippen LogP contribution in [0.4, 0.5) is 0 Å². The second kappa shape index (κ2) is 5.07. The van der Waals surface area contributed by atoms with E-state index in [2.05, 4.69) is 19.2 Å². The summed E-state index contributed by atoms with van der Waals surface area (Å²) in [5.41, 5.74) is 0. The van der Waals surface area contributed by atoms with Crippen LogP contribution in [0.3, 0.4) is 0 Å². The quantitative estimate of drug-likeness (QED) is 0.802. The van der Waals surface area contributed by atoms with E-state index in [1.807, 2.05) is 4.90 Å². The van der Waals surface area contributed by atoms with Crippen LogP contribution >= 0.6 is 0 Å². The summed E-state index contributed by atoms with van der Waals surface area (Å²) < 4.78 is 0. The molecule has 0 bridgehead atoms. The molecule has 1 N–H and O–H groups in total. The Hall–Kier alpha value is -1.06. The van der Waals surface area contributed by atoms with Gasteiger partial charge in [-0.3, -0.25) is 9.59 Å². The number of rotatable bonds is 4. The van der Waals surface area contributed by atoms with E-state index in [0.717, 1.165) is 25.7 Å². The van der Waals surface area contributed by atoms with Gasteiger partial charge in [0.05, 0.1) is 0 Å². The van der Waals surface area contributed by atoms with E-state index < -0.39 is 0 Å². The van der Waals surface area contributed by atoms with Gasteiger partial charge in [0.25, 0.3) is 0 Å². The summed E-state index contributed by atoms with van der Waals surface area (Å²) in [7, 11) is 0. The molecule has 0 aromatic heterocycles. The van der Waals surface area contributed by atoms with Gasteiger partial charge in [0.15, 0.2) is 0 Å². The molecule has 2 fully saturated rings. The summed E-state index contributed by atoms with van der Waals surface area (Å²) in [6.07, 6.45) is 4.68. The molecule has 1 saturated heterocycles. The van der Waals surface area contributed by atoms with Crippen molar-refractivity contribution in [1.82, 2.24) is 10.2 Å². The Labute approximate surface area is 103 Å². The monoisotopic (exact) mass is 238 g/mol. The van der Waals surface area contributed by atoms with Gasteiger partial charge in [0.2, 0.25) is 11.8 Å². The number of carbonyl (C=O) groups is 2. The van der Waals surface area contributed by atoms with E-state index in [1.54, 1.807) is 0 Å². The highest BCUT2D eigenvalue weighted by atomic mass is 16.2. The van der Waals surface area contributed by atoms with Crippen LogP contribution in [-0.2, 0) is 9.59 Å². The Morgan fingerprint density at radius 1 is 1.41 bits per heavy atom. The van der Waals surface area contributed by atoms with Gasteiger partial charge in [0, 0.05) is 19.0 Å². The fourth-order valence-corrected chi connectivity index (χ4v) is 2.58. The second-order valence-electron chi connectivity index (χ2n) is 5.30. The average molecular weight is 238 g/mol. The summed E-state index contributed by atoms with van der Waals surface area (Å²) in [5, 5.41) is 2.89. The second-order valence-corrected chi connectivity index (χ2v) is 5.30. The molecule has 96 valence electrons. The van der Waals surface area contributed by atoms with Gasteiger partial charge in [-0.05, 0) is 32.1 Å². The lowest BCUT2D eigenvalue weighted by Gasteiger charge is -2.29. The highest BCUT2D eigenvalue weighted by Gasteiger charge is 2.41. The maximum absolute atomic E-state index is 12.4. The molecule has 2 atom stereocenters. The Morgan fingerprint density at radius 3 is 2.71 bits per heavy atom. The smallest absolute Gasteiger partial charge is 0.245 e. The largest absolute Gasteiger partial charge is 0.344 e. The molecule has 0 spiro atoms. The predicted molar refractivity (Wildman–Crippen MR) is 65.4 cm³/mol. The minimum absolute atomic E-state index is 0.0291. The number of amides is 2. The van der Waals surface area contributed by atoms with Crippen LogP contribution in [0, 0.1) is 5.92 Å². The molecule has 0 aromatic carbocycles. The fourth-order valence-electron chi connectivity index (χ4n) is 2.58. The fraction of sp³-hybridized carbons (Fsp3) is 0.846. The molecule has 1 heterocycles. The lowest BCUT2D eigenvalue weighted by Crippen LogP contribution is -2.48. The molecule has 2 aliphatic rings. The third kappa shape index (κ3) is 2.79. The van der Waals surface area contributed by atoms with Crippen molar-refractivity contribution in [3.05, 3.63) is 0 Å². The van der Waals surface area contributed by atoms with Crippen molar-refractivity contribution >= 4 is 11.8 Å². The topological polar surface area (TPSA) is 49.4 Å². The van der Waals surface area contributed by atoms with Crippen LogP contribution in [-0.4, -0.2) is 35.3 Å². The average Bonchev–Trinajstić information content (AvgIpc) is 3.09. The molecule has 2 rings (SSSR count). The first-order valence-electron chi connectivity index (χ1n) is 6.73. The summed E-state index contributed by atoms with van der Waals surface area (Å²) in [6.45, 7) is 4.79. The zero-order chi connectivity index (χ0) is 12.4. The third-order valence-corrected chi connectivity index (χ3v) is 3.78. The molecule has 2 amide bonds. The van der Waals surface area contributed by atoms with Crippen molar-refractivity contribution < 1.29 is 9.59 Å². The molecule has 4 heteroatoms. The number of hydrogen-bond donors (Lipinski definition) is 1. The van der Waals surface area contributed by atoms with Crippen molar-refractivity contribution in [2.45, 2.75) is 58.0 Å². The number of nitrogens with zero attached hydrogens (tertiary/aromatic N) is 1. The van der Waals surface area contributed by atoms with Crippen molar-refractivity contribution in [3.63, 3.8) is 0 Å². The van der Waals surface area contributed by atoms with E-state index in [0.29, 0.717) is 18.9 Å². The van der Waals surface area contributed by atoms with Crippen LogP contribution in [0.2, 0.25) is 0 Å². The zero-order valence-electron chi connectivity index (χ0n) is 10.7. The van der Waals surface area contributed by atoms with E-state index >= 15 is 0 Å². The Morgan fingerprint density at radius 2 is 2.12 bits per heavy atom. The number of carbonyl (C=O) groups excluding carboxylic acids is 2. The van der Waals surface area contributed by atoms with Gasteiger partial charge in [-0.25, -0.2) is 0 Å². The molecule has 17 heavy (non-hydrogen) atoms. The minimum Gasteiger partial charge on any atom is -0.344 e. The number of nitrogens with one attached hydrogen (secondary N) is 1. The molecular weight excluding hydrogens is 216 g/mol. The van der Waals surface area contributed by atoms with E-state index in [-0.39, 0.29) is 23.9 Å². The summed E-state index contributed by atoms with van der Waals surface area (Å²) in [4.78, 5) is 25.9. The van der Waals surface area contributed by atoms with Gasteiger partial charge in [0.1, 0.15) is 6.04 Å². The van der Waals surface area contributed by atoms with Gasteiger partial charge in [-0.2, -0.15) is 0 Å². The van der Waals surface area contributed by atoms with E-state index in [4.69, 9.17) is 0 Å². The lowest BCUT2D eigenvalue weighted by atomic mass is 10.1. The van der Waals surface area contributed by atoms with Gasteiger partial charge < -0.3 is 10.2 Å². The van der Waals surface area contributed by atoms with Crippen LogP contribution in [0.15, 0.2) is 0 Å². The highest BCUT2D eigenvalue weighted by Crippen LogP contribution is 2.34. The molecular formula is C13H22N2O2. The van der Waals surface area contributed by atoms with Crippen LogP contribution in [0.5, 0.6) is 0 Å². The molecule has 0 radical (unpaired) electrons. The first-order chi connectivity index (χ1) is 8.13. The molecule has 1 saturated carbocycles. The maximum Gasteiger partial charge on any atom is 0.245 e. The van der Waals surface area contributed by atoms with Crippen LogP contribution in [0.25, 0.3) is 0 Å². The van der Waals surface area contributed by atoms with E-state index in [9.17, 15) is 9.59 Å². The predicted octanol–water partition coefficient (Wildman–Crippen LogP) is 1.30.